The molecule has 1 heterocycles. The number of hydrogen-bond acceptors (Lipinski definition) is 4. The zero-order valence-corrected chi connectivity index (χ0v) is 14.3. The van der Waals surface area contributed by atoms with E-state index >= 15 is 0 Å². The molecule has 20 heavy (non-hydrogen) atoms. The van der Waals surface area contributed by atoms with Crippen molar-refractivity contribution in [2.45, 2.75) is 16.2 Å². The number of thioether (sulfide) groups is 1. The number of benzene rings is 1. The number of halogens is 2. The third kappa shape index (κ3) is 4.02. The Bertz CT molecular complexity index is 544. The summed E-state index contributed by atoms with van der Waals surface area (Å²) in [7, 11) is -3.43. The maximum absolute atomic E-state index is 12.5. The molecule has 1 N–H and O–H groups in total. The molecule has 0 atom stereocenters. The normalized spacial score (nSPS) is 17.3. The first-order chi connectivity index (χ1) is 9.05. The molecule has 8 heteroatoms. The second-order valence-corrected chi connectivity index (χ2v) is 7.50. The van der Waals surface area contributed by atoms with Gasteiger partial charge in [-0.05, 0) is 37.4 Å². The lowest BCUT2D eigenvalue weighted by Gasteiger charge is -2.20. The van der Waals surface area contributed by atoms with Crippen molar-refractivity contribution < 1.29 is 8.42 Å². The summed E-state index contributed by atoms with van der Waals surface area (Å²) in [6.45, 7) is 2.61. The van der Waals surface area contributed by atoms with E-state index in [-0.39, 0.29) is 17.3 Å². The van der Waals surface area contributed by atoms with Crippen LogP contribution in [0.3, 0.4) is 0 Å². The minimum Gasteiger partial charge on any atom is -0.315 e. The minimum atomic E-state index is -3.43. The Kier molecular flexibility index (Phi) is 7.11. The smallest absolute Gasteiger partial charge is 0.243 e. The summed E-state index contributed by atoms with van der Waals surface area (Å²) < 4.78 is 26.6. The molecule has 0 aliphatic carbocycles. The maximum atomic E-state index is 12.5. The topological polar surface area (TPSA) is 49.4 Å². The second kappa shape index (κ2) is 7.87. The van der Waals surface area contributed by atoms with Gasteiger partial charge in [0.05, 0.1) is 9.92 Å². The zero-order chi connectivity index (χ0) is 13.9. The molecule has 1 saturated heterocycles. The zero-order valence-electron chi connectivity index (χ0n) is 11.1. The fraction of sp³-hybridized carbons (Fsp3) is 0.500. The summed E-state index contributed by atoms with van der Waals surface area (Å²) in [6, 6.07) is 4.93. The third-order valence-corrected chi connectivity index (χ3v) is 6.18. The molecule has 0 unspecified atom stereocenters. The Morgan fingerprint density at radius 2 is 2.05 bits per heavy atom. The van der Waals surface area contributed by atoms with Crippen molar-refractivity contribution in [2.24, 2.45) is 0 Å². The van der Waals surface area contributed by atoms with Gasteiger partial charge >= 0.3 is 0 Å². The summed E-state index contributed by atoms with van der Waals surface area (Å²) in [5.74, 6) is 0. The largest absolute Gasteiger partial charge is 0.315 e. The SMILES string of the molecule is CSc1ccc(S(=O)(=O)N2CCCNCC2)cc1Cl.Cl. The number of nitrogens with zero attached hydrogens (tertiary/aromatic N) is 1. The first-order valence-electron chi connectivity index (χ1n) is 6.10. The average molecular weight is 357 g/mol. The predicted molar refractivity (Wildman–Crippen MR) is 86.7 cm³/mol. The lowest BCUT2D eigenvalue weighted by molar-refractivity contribution is 0.432. The van der Waals surface area contributed by atoms with E-state index in [1.165, 1.54) is 16.1 Å². The number of hydrogen-bond donors (Lipinski definition) is 1. The quantitative estimate of drug-likeness (QED) is 0.845. The summed E-state index contributed by atoms with van der Waals surface area (Å²) in [5.41, 5.74) is 0. The molecule has 4 nitrogen and oxygen atoms in total. The van der Waals surface area contributed by atoms with Crippen LogP contribution in [0.5, 0.6) is 0 Å². The fourth-order valence-corrected chi connectivity index (χ4v) is 4.46. The van der Waals surface area contributed by atoms with Crippen LogP contribution in [0.25, 0.3) is 0 Å². The van der Waals surface area contributed by atoms with Crippen molar-refractivity contribution in [1.29, 1.82) is 0 Å². The molecular formula is C12H18Cl2N2O2S2. The van der Waals surface area contributed by atoms with Crippen LogP contribution in [-0.4, -0.2) is 45.2 Å². The number of nitrogens with one attached hydrogen (secondary N) is 1. The molecule has 0 bridgehead atoms. The second-order valence-electron chi connectivity index (χ2n) is 4.30. The van der Waals surface area contributed by atoms with Gasteiger partial charge in [-0.2, -0.15) is 4.31 Å². The van der Waals surface area contributed by atoms with Gasteiger partial charge in [0.15, 0.2) is 0 Å². The molecule has 0 saturated carbocycles. The van der Waals surface area contributed by atoms with Gasteiger partial charge in [0, 0.05) is 24.5 Å². The van der Waals surface area contributed by atoms with Gasteiger partial charge in [-0.25, -0.2) is 8.42 Å². The highest BCUT2D eigenvalue weighted by Gasteiger charge is 2.25. The summed E-state index contributed by atoms with van der Waals surface area (Å²) in [4.78, 5) is 1.16. The Morgan fingerprint density at radius 1 is 1.30 bits per heavy atom. The Hall–Kier alpha value is 0.0200. The van der Waals surface area contributed by atoms with E-state index in [1.807, 2.05) is 6.26 Å². The van der Waals surface area contributed by atoms with Gasteiger partial charge in [0.2, 0.25) is 10.0 Å². The summed E-state index contributed by atoms with van der Waals surface area (Å²) in [6.07, 6.45) is 2.74. The Labute approximate surface area is 135 Å². The van der Waals surface area contributed by atoms with Crippen molar-refractivity contribution >= 4 is 45.8 Å². The Balaban J connectivity index is 0.00000200. The van der Waals surface area contributed by atoms with Crippen LogP contribution >= 0.6 is 35.8 Å². The molecule has 1 aliphatic heterocycles. The fourth-order valence-electron chi connectivity index (χ4n) is 2.02. The van der Waals surface area contributed by atoms with Crippen molar-refractivity contribution in [3.63, 3.8) is 0 Å². The molecule has 0 amide bonds. The van der Waals surface area contributed by atoms with Crippen molar-refractivity contribution in [2.75, 3.05) is 32.4 Å². The van der Waals surface area contributed by atoms with Gasteiger partial charge in [-0.3, -0.25) is 0 Å². The van der Waals surface area contributed by atoms with E-state index in [0.29, 0.717) is 24.7 Å². The van der Waals surface area contributed by atoms with E-state index in [1.54, 1.807) is 18.2 Å². The van der Waals surface area contributed by atoms with Crippen LogP contribution < -0.4 is 5.32 Å². The molecular weight excluding hydrogens is 339 g/mol. The standard InChI is InChI=1S/C12H17ClN2O2S2.ClH/c1-18-12-4-3-10(9-11(12)13)19(16,17)15-7-2-5-14-6-8-15;/h3-4,9,14H,2,5-8H2,1H3;1H. The van der Waals surface area contributed by atoms with Crippen LogP contribution in [0.15, 0.2) is 28.0 Å². The van der Waals surface area contributed by atoms with E-state index < -0.39 is 10.0 Å². The summed E-state index contributed by atoms with van der Waals surface area (Å²) in [5, 5.41) is 3.68. The van der Waals surface area contributed by atoms with Crippen LogP contribution in [0, 0.1) is 0 Å². The van der Waals surface area contributed by atoms with Gasteiger partial charge in [0.1, 0.15) is 0 Å². The highest BCUT2D eigenvalue weighted by atomic mass is 35.5. The van der Waals surface area contributed by atoms with Gasteiger partial charge in [-0.1, -0.05) is 11.6 Å². The first kappa shape index (κ1) is 18.1. The van der Waals surface area contributed by atoms with E-state index in [4.69, 9.17) is 11.6 Å². The average Bonchev–Trinajstić information content (AvgIpc) is 2.67. The van der Waals surface area contributed by atoms with Crippen molar-refractivity contribution in [1.82, 2.24) is 9.62 Å². The van der Waals surface area contributed by atoms with Gasteiger partial charge < -0.3 is 5.32 Å². The maximum Gasteiger partial charge on any atom is 0.243 e. The van der Waals surface area contributed by atoms with E-state index in [2.05, 4.69) is 5.32 Å². The predicted octanol–water partition coefficient (Wildman–Crippen LogP) is 2.47. The molecule has 1 aromatic carbocycles. The van der Waals surface area contributed by atoms with Crippen LogP contribution in [0.4, 0.5) is 0 Å². The lowest BCUT2D eigenvalue weighted by atomic mass is 10.4. The van der Waals surface area contributed by atoms with Crippen LogP contribution in [0.1, 0.15) is 6.42 Å². The molecule has 0 radical (unpaired) electrons. The van der Waals surface area contributed by atoms with E-state index in [0.717, 1.165) is 17.9 Å². The monoisotopic (exact) mass is 356 g/mol. The van der Waals surface area contributed by atoms with Crippen LogP contribution in [0.2, 0.25) is 5.02 Å². The Morgan fingerprint density at radius 3 is 2.70 bits per heavy atom. The molecule has 0 spiro atoms. The van der Waals surface area contributed by atoms with Crippen molar-refractivity contribution in [3.8, 4) is 0 Å². The molecule has 1 aromatic rings. The minimum absolute atomic E-state index is 0. The van der Waals surface area contributed by atoms with Gasteiger partial charge in [0.25, 0.3) is 0 Å². The number of sulfonamides is 1. The molecule has 1 fully saturated rings. The first-order valence-corrected chi connectivity index (χ1v) is 9.14. The van der Waals surface area contributed by atoms with E-state index in [9.17, 15) is 8.42 Å². The van der Waals surface area contributed by atoms with Gasteiger partial charge in [-0.15, -0.1) is 24.2 Å². The van der Waals surface area contributed by atoms with Crippen LogP contribution in [-0.2, 0) is 10.0 Å². The molecule has 1 aliphatic rings. The molecule has 114 valence electrons. The highest BCUT2D eigenvalue weighted by Crippen LogP contribution is 2.29. The molecule has 0 aromatic heterocycles. The third-order valence-electron chi connectivity index (χ3n) is 3.06. The van der Waals surface area contributed by atoms with Crippen molar-refractivity contribution in [3.05, 3.63) is 23.2 Å². The highest BCUT2D eigenvalue weighted by molar-refractivity contribution is 7.98. The molecule has 2 rings (SSSR count). The number of rotatable bonds is 3. The summed E-state index contributed by atoms with van der Waals surface area (Å²) >= 11 is 7.59. The lowest BCUT2D eigenvalue weighted by Crippen LogP contribution is -2.34.